The van der Waals surface area contributed by atoms with E-state index in [2.05, 4.69) is 4.72 Å². The standard InChI is InChI=1S/C16H19NO4S/c1-4-12-6-5-7-13(10-12)17-22(18,19)14-8-9-15(20-2)16(11-14)21-3/h5-11,17H,4H2,1-3H3. The Labute approximate surface area is 130 Å². The third-order valence-electron chi connectivity index (χ3n) is 3.25. The van der Waals surface area contributed by atoms with E-state index in [1.54, 1.807) is 12.1 Å². The summed E-state index contributed by atoms with van der Waals surface area (Å²) in [6.45, 7) is 2.02. The van der Waals surface area contributed by atoms with Crippen LogP contribution in [0.25, 0.3) is 0 Å². The van der Waals surface area contributed by atoms with Crippen molar-refractivity contribution in [1.82, 2.24) is 0 Å². The van der Waals surface area contributed by atoms with Gasteiger partial charge in [-0.15, -0.1) is 0 Å². The highest BCUT2D eigenvalue weighted by molar-refractivity contribution is 7.92. The number of hydrogen-bond donors (Lipinski definition) is 1. The van der Waals surface area contributed by atoms with Gasteiger partial charge in [0.1, 0.15) is 0 Å². The maximum absolute atomic E-state index is 12.5. The molecule has 0 fully saturated rings. The summed E-state index contributed by atoms with van der Waals surface area (Å²) in [5.74, 6) is 0.849. The molecule has 0 saturated carbocycles. The van der Waals surface area contributed by atoms with Crippen LogP contribution < -0.4 is 14.2 Å². The molecule has 0 amide bonds. The molecular weight excluding hydrogens is 302 g/mol. The molecular formula is C16H19NO4S. The van der Waals surface area contributed by atoms with Gasteiger partial charge in [-0.25, -0.2) is 8.42 Å². The fraction of sp³-hybridized carbons (Fsp3) is 0.250. The molecule has 0 aliphatic heterocycles. The predicted octanol–water partition coefficient (Wildman–Crippen LogP) is 3.07. The van der Waals surface area contributed by atoms with Crippen molar-refractivity contribution < 1.29 is 17.9 Å². The van der Waals surface area contributed by atoms with Crippen LogP contribution in [0, 0.1) is 0 Å². The minimum Gasteiger partial charge on any atom is -0.493 e. The molecule has 5 nitrogen and oxygen atoms in total. The molecule has 22 heavy (non-hydrogen) atoms. The van der Waals surface area contributed by atoms with Gasteiger partial charge in [-0.05, 0) is 36.2 Å². The topological polar surface area (TPSA) is 64.6 Å². The van der Waals surface area contributed by atoms with E-state index in [4.69, 9.17) is 9.47 Å². The van der Waals surface area contributed by atoms with Gasteiger partial charge in [0.2, 0.25) is 0 Å². The lowest BCUT2D eigenvalue weighted by Crippen LogP contribution is -2.13. The highest BCUT2D eigenvalue weighted by Gasteiger charge is 2.17. The number of nitrogens with one attached hydrogen (secondary N) is 1. The van der Waals surface area contributed by atoms with Gasteiger partial charge in [0, 0.05) is 11.8 Å². The van der Waals surface area contributed by atoms with Crippen molar-refractivity contribution in [2.75, 3.05) is 18.9 Å². The maximum Gasteiger partial charge on any atom is 0.262 e. The van der Waals surface area contributed by atoms with Gasteiger partial charge < -0.3 is 9.47 Å². The van der Waals surface area contributed by atoms with Crippen molar-refractivity contribution in [2.24, 2.45) is 0 Å². The molecule has 0 aliphatic rings. The minimum absolute atomic E-state index is 0.118. The Bertz CT molecular complexity index is 756. The molecule has 2 aromatic rings. The Balaban J connectivity index is 2.33. The first-order valence-electron chi connectivity index (χ1n) is 6.84. The summed E-state index contributed by atoms with van der Waals surface area (Å²) in [4.78, 5) is 0.118. The summed E-state index contributed by atoms with van der Waals surface area (Å²) in [7, 11) is -0.716. The van der Waals surface area contributed by atoms with Crippen LogP contribution in [-0.4, -0.2) is 22.6 Å². The Hall–Kier alpha value is -2.21. The van der Waals surface area contributed by atoms with E-state index in [9.17, 15) is 8.42 Å². The normalized spacial score (nSPS) is 11.0. The minimum atomic E-state index is -3.68. The van der Waals surface area contributed by atoms with Crippen LogP contribution >= 0.6 is 0 Å². The van der Waals surface area contributed by atoms with Crippen molar-refractivity contribution >= 4 is 15.7 Å². The highest BCUT2D eigenvalue weighted by Crippen LogP contribution is 2.30. The lowest BCUT2D eigenvalue weighted by Gasteiger charge is -2.12. The summed E-state index contributed by atoms with van der Waals surface area (Å²) in [5, 5.41) is 0. The second-order valence-corrected chi connectivity index (χ2v) is 6.36. The number of methoxy groups -OCH3 is 2. The van der Waals surface area contributed by atoms with Crippen molar-refractivity contribution in [3.63, 3.8) is 0 Å². The average molecular weight is 321 g/mol. The average Bonchev–Trinajstić information content (AvgIpc) is 2.53. The van der Waals surface area contributed by atoms with E-state index in [1.807, 2.05) is 25.1 Å². The SMILES string of the molecule is CCc1cccc(NS(=O)(=O)c2ccc(OC)c(OC)c2)c1. The fourth-order valence-corrected chi connectivity index (χ4v) is 3.12. The van der Waals surface area contributed by atoms with Crippen LogP contribution in [-0.2, 0) is 16.4 Å². The molecule has 0 aliphatic carbocycles. The Morgan fingerprint density at radius 2 is 1.73 bits per heavy atom. The second kappa shape index (κ2) is 6.70. The number of aryl methyl sites for hydroxylation is 1. The summed E-state index contributed by atoms with van der Waals surface area (Å²) in [6, 6.07) is 11.8. The first-order valence-corrected chi connectivity index (χ1v) is 8.32. The number of benzene rings is 2. The summed E-state index contributed by atoms with van der Waals surface area (Å²) in [6.07, 6.45) is 0.839. The molecule has 0 heterocycles. The smallest absolute Gasteiger partial charge is 0.262 e. The van der Waals surface area contributed by atoms with Gasteiger partial charge in [0.25, 0.3) is 10.0 Å². The second-order valence-electron chi connectivity index (χ2n) is 4.68. The van der Waals surface area contributed by atoms with Gasteiger partial charge >= 0.3 is 0 Å². The molecule has 1 N–H and O–H groups in total. The number of sulfonamides is 1. The first kappa shape index (κ1) is 16.2. The lowest BCUT2D eigenvalue weighted by molar-refractivity contribution is 0.354. The number of ether oxygens (including phenoxy) is 2. The number of hydrogen-bond acceptors (Lipinski definition) is 4. The molecule has 6 heteroatoms. The van der Waals surface area contributed by atoms with Gasteiger partial charge in [-0.2, -0.15) is 0 Å². The van der Waals surface area contributed by atoms with Crippen LogP contribution in [0.1, 0.15) is 12.5 Å². The van der Waals surface area contributed by atoms with E-state index < -0.39 is 10.0 Å². The van der Waals surface area contributed by atoms with Gasteiger partial charge in [-0.1, -0.05) is 19.1 Å². The molecule has 0 bridgehead atoms. The zero-order valence-electron chi connectivity index (χ0n) is 12.8. The van der Waals surface area contributed by atoms with Gasteiger partial charge in [0.15, 0.2) is 11.5 Å². The summed E-state index contributed by atoms with van der Waals surface area (Å²) < 4.78 is 37.8. The quantitative estimate of drug-likeness (QED) is 0.888. The molecule has 0 atom stereocenters. The van der Waals surface area contributed by atoms with Crippen molar-refractivity contribution in [2.45, 2.75) is 18.2 Å². The van der Waals surface area contributed by atoms with E-state index >= 15 is 0 Å². The monoisotopic (exact) mass is 321 g/mol. The molecule has 0 saturated heterocycles. The van der Waals surface area contributed by atoms with Crippen molar-refractivity contribution in [3.8, 4) is 11.5 Å². The third kappa shape index (κ3) is 3.51. The molecule has 0 aromatic heterocycles. The van der Waals surface area contributed by atoms with Crippen LogP contribution in [0.2, 0.25) is 0 Å². The van der Waals surface area contributed by atoms with Gasteiger partial charge in [-0.3, -0.25) is 4.72 Å². The predicted molar refractivity (Wildman–Crippen MR) is 86.2 cm³/mol. The zero-order valence-corrected chi connectivity index (χ0v) is 13.6. The number of anilines is 1. The van der Waals surface area contributed by atoms with Crippen LogP contribution in [0.15, 0.2) is 47.4 Å². The van der Waals surface area contributed by atoms with E-state index in [0.29, 0.717) is 17.2 Å². The van der Waals surface area contributed by atoms with Crippen molar-refractivity contribution in [1.29, 1.82) is 0 Å². The van der Waals surface area contributed by atoms with E-state index in [1.165, 1.54) is 26.4 Å². The first-order chi connectivity index (χ1) is 10.5. The Morgan fingerprint density at radius 3 is 2.36 bits per heavy atom. The molecule has 0 radical (unpaired) electrons. The maximum atomic E-state index is 12.5. The van der Waals surface area contributed by atoms with Crippen LogP contribution in [0.4, 0.5) is 5.69 Å². The molecule has 118 valence electrons. The van der Waals surface area contributed by atoms with Crippen LogP contribution in [0.5, 0.6) is 11.5 Å². The molecule has 0 unspecified atom stereocenters. The highest BCUT2D eigenvalue weighted by atomic mass is 32.2. The largest absolute Gasteiger partial charge is 0.493 e. The third-order valence-corrected chi connectivity index (χ3v) is 4.63. The Kier molecular flexibility index (Phi) is 4.92. The zero-order chi connectivity index (χ0) is 16.2. The van der Waals surface area contributed by atoms with Gasteiger partial charge in [0.05, 0.1) is 19.1 Å². The molecule has 2 aromatic carbocycles. The summed E-state index contributed by atoms with van der Waals surface area (Å²) in [5.41, 5.74) is 1.60. The molecule has 0 spiro atoms. The Morgan fingerprint density at radius 1 is 1.00 bits per heavy atom. The summed E-state index contributed by atoms with van der Waals surface area (Å²) >= 11 is 0. The van der Waals surface area contributed by atoms with E-state index in [-0.39, 0.29) is 4.90 Å². The molecule has 2 rings (SSSR count). The van der Waals surface area contributed by atoms with E-state index in [0.717, 1.165) is 12.0 Å². The lowest BCUT2D eigenvalue weighted by atomic mass is 10.1. The van der Waals surface area contributed by atoms with Crippen molar-refractivity contribution in [3.05, 3.63) is 48.0 Å². The number of rotatable bonds is 6. The fourth-order valence-electron chi connectivity index (χ4n) is 2.05. The van der Waals surface area contributed by atoms with Crippen LogP contribution in [0.3, 0.4) is 0 Å².